The van der Waals surface area contributed by atoms with Crippen molar-refractivity contribution >= 4 is 12.4 Å². The number of rotatable bonds is 2. The van der Waals surface area contributed by atoms with Crippen LogP contribution >= 0.6 is 12.4 Å². The van der Waals surface area contributed by atoms with Gasteiger partial charge >= 0.3 is 6.18 Å². The molecule has 1 aromatic rings. The zero-order chi connectivity index (χ0) is 11.6. The average Bonchev–Trinajstić information content (AvgIpc) is 2.14. The first-order valence-corrected chi connectivity index (χ1v) is 4.04. The van der Waals surface area contributed by atoms with Gasteiger partial charge in [-0.15, -0.1) is 12.4 Å². The minimum Gasteiger partial charge on any atom is -0.322 e. The summed E-state index contributed by atoms with van der Waals surface area (Å²) in [5, 5.41) is 0. The van der Waals surface area contributed by atoms with Crippen molar-refractivity contribution in [2.24, 2.45) is 5.73 Å². The van der Waals surface area contributed by atoms with Crippen LogP contribution in [0, 0.1) is 5.82 Å². The highest BCUT2D eigenvalue weighted by Gasteiger charge is 2.31. The van der Waals surface area contributed by atoms with E-state index >= 15 is 0 Å². The van der Waals surface area contributed by atoms with Crippen LogP contribution in [0.5, 0.6) is 0 Å². The van der Waals surface area contributed by atoms with Gasteiger partial charge in [0.1, 0.15) is 12.5 Å². The van der Waals surface area contributed by atoms with E-state index in [9.17, 15) is 22.0 Å². The molecule has 1 atom stereocenters. The van der Waals surface area contributed by atoms with E-state index in [2.05, 4.69) is 0 Å². The van der Waals surface area contributed by atoms with Gasteiger partial charge in [-0.25, -0.2) is 8.78 Å². The Morgan fingerprint density at radius 3 is 2.19 bits per heavy atom. The predicted octanol–water partition coefficient (Wildman–Crippen LogP) is 3.24. The summed E-state index contributed by atoms with van der Waals surface area (Å²) in [7, 11) is 0. The summed E-state index contributed by atoms with van der Waals surface area (Å²) < 4.78 is 61.5. The molecule has 0 amide bonds. The van der Waals surface area contributed by atoms with Gasteiger partial charge in [-0.2, -0.15) is 13.2 Å². The Balaban J connectivity index is 0.00000225. The Morgan fingerprint density at radius 1 is 1.19 bits per heavy atom. The van der Waals surface area contributed by atoms with Gasteiger partial charge in [-0.3, -0.25) is 0 Å². The lowest BCUT2D eigenvalue weighted by Crippen LogP contribution is -2.14. The first kappa shape index (κ1) is 15.1. The van der Waals surface area contributed by atoms with E-state index in [0.29, 0.717) is 12.1 Å². The second-order valence-corrected chi connectivity index (χ2v) is 3.03. The summed E-state index contributed by atoms with van der Waals surface area (Å²) in [5.74, 6) is -1.08. The van der Waals surface area contributed by atoms with E-state index in [1.807, 2.05) is 0 Å². The fraction of sp³-hybridized carbons (Fsp3) is 0.333. The van der Waals surface area contributed by atoms with E-state index < -0.39 is 30.3 Å². The topological polar surface area (TPSA) is 26.0 Å². The summed E-state index contributed by atoms with van der Waals surface area (Å²) >= 11 is 0. The summed E-state index contributed by atoms with van der Waals surface area (Å²) in [5.41, 5.74) is 3.80. The second-order valence-electron chi connectivity index (χ2n) is 3.03. The predicted molar refractivity (Wildman–Crippen MR) is 51.6 cm³/mol. The normalized spacial score (nSPS) is 13.1. The van der Waals surface area contributed by atoms with Crippen molar-refractivity contribution in [2.75, 3.05) is 6.67 Å². The molecule has 0 bridgehead atoms. The van der Waals surface area contributed by atoms with Gasteiger partial charge < -0.3 is 5.73 Å². The van der Waals surface area contributed by atoms with Crippen LogP contribution in [0.1, 0.15) is 17.2 Å². The molecule has 0 saturated heterocycles. The van der Waals surface area contributed by atoms with Crippen LogP contribution in [0.25, 0.3) is 0 Å². The quantitative estimate of drug-likeness (QED) is 0.813. The fourth-order valence-electron chi connectivity index (χ4n) is 1.08. The van der Waals surface area contributed by atoms with Gasteiger partial charge in [0.05, 0.1) is 11.6 Å². The molecule has 0 spiro atoms. The van der Waals surface area contributed by atoms with Crippen molar-refractivity contribution in [3.63, 3.8) is 0 Å². The van der Waals surface area contributed by atoms with Gasteiger partial charge in [0.15, 0.2) is 0 Å². The third kappa shape index (κ3) is 3.61. The highest BCUT2D eigenvalue weighted by atomic mass is 35.5. The molecule has 0 aliphatic carbocycles. The Hall–Kier alpha value is -0.880. The maximum atomic E-state index is 12.8. The highest BCUT2D eigenvalue weighted by Crippen LogP contribution is 2.31. The van der Waals surface area contributed by atoms with Gasteiger partial charge in [-0.05, 0) is 23.8 Å². The molecule has 0 radical (unpaired) electrons. The Labute approximate surface area is 94.8 Å². The summed E-state index contributed by atoms with van der Waals surface area (Å²) in [6, 6.07) is 0.545. The van der Waals surface area contributed by atoms with E-state index in [-0.39, 0.29) is 18.0 Å². The van der Waals surface area contributed by atoms with Gasteiger partial charge in [-0.1, -0.05) is 0 Å². The molecule has 92 valence electrons. The molecule has 7 heteroatoms. The number of halogens is 6. The van der Waals surface area contributed by atoms with Gasteiger partial charge in [0, 0.05) is 0 Å². The van der Waals surface area contributed by atoms with Crippen LogP contribution in [0.2, 0.25) is 0 Å². The largest absolute Gasteiger partial charge is 0.416 e. The minimum atomic E-state index is -4.66. The van der Waals surface area contributed by atoms with Gasteiger partial charge in [0.2, 0.25) is 0 Å². The molecule has 1 aromatic carbocycles. The summed E-state index contributed by atoms with van der Waals surface area (Å²) in [6.45, 7) is -1.04. The molecule has 1 rings (SSSR count). The lowest BCUT2D eigenvalue weighted by Gasteiger charge is -2.12. The number of nitrogens with two attached hydrogens (primary N) is 1. The maximum Gasteiger partial charge on any atom is 0.416 e. The molecule has 0 unspecified atom stereocenters. The third-order valence-electron chi connectivity index (χ3n) is 1.84. The van der Waals surface area contributed by atoms with Crippen LogP contribution < -0.4 is 5.73 Å². The lowest BCUT2D eigenvalue weighted by atomic mass is 10.0. The summed E-state index contributed by atoms with van der Waals surface area (Å²) in [4.78, 5) is 0. The molecule has 1 nitrogen and oxygen atoms in total. The van der Waals surface area contributed by atoms with E-state index in [4.69, 9.17) is 5.73 Å². The summed E-state index contributed by atoms with van der Waals surface area (Å²) in [6.07, 6.45) is -4.66. The van der Waals surface area contributed by atoms with Crippen LogP contribution in [-0.4, -0.2) is 6.67 Å². The molecule has 0 saturated carbocycles. The van der Waals surface area contributed by atoms with E-state index in [1.54, 1.807) is 0 Å². The minimum absolute atomic E-state index is 0. The fourth-order valence-corrected chi connectivity index (χ4v) is 1.08. The van der Waals surface area contributed by atoms with Crippen molar-refractivity contribution in [3.8, 4) is 0 Å². The lowest BCUT2D eigenvalue weighted by molar-refractivity contribution is -0.137. The first-order valence-electron chi connectivity index (χ1n) is 4.04. The Bertz CT molecular complexity index is 352. The Morgan fingerprint density at radius 2 is 1.75 bits per heavy atom. The molecule has 0 fully saturated rings. The molecular formula is C9H9ClF5N. The molecule has 0 aromatic heterocycles. The number of hydrogen-bond acceptors (Lipinski definition) is 1. The highest BCUT2D eigenvalue weighted by molar-refractivity contribution is 5.85. The molecule has 0 aliphatic heterocycles. The number of alkyl halides is 4. The van der Waals surface area contributed by atoms with E-state index in [0.717, 1.165) is 6.07 Å². The molecular weight excluding hydrogens is 253 g/mol. The molecule has 2 N–H and O–H groups in total. The van der Waals surface area contributed by atoms with Crippen molar-refractivity contribution in [2.45, 2.75) is 12.2 Å². The zero-order valence-corrected chi connectivity index (χ0v) is 8.71. The van der Waals surface area contributed by atoms with Crippen molar-refractivity contribution in [3.05, 3.63) is 35.1 Å². The molecule has 16 heavy (non-hydrogen) atoms. The SMILES string of the molecule is Cl.N[C@@H](CF)c1cc(F)cc(C(F)(F)F)c1. The molecule has 0 aliphatic rings. The standard InChI is InChI=1S/C9H8F5N.ClH/c10-4-8(15)5-1-6(9(12,13)14)3-7(11)2-5;/h1-3,8H,4,15H2;1H/t8-;/m0./s1. The smallest absolute Gasteiger partial charge is 0.322 e. The van der Waals surface area contributed by atoms with Crippen molar-refractivity contribution in [1.29, 1.82) is 0 Å². The van der Waals surface area contributed by atoms with Crippen LogP contribution in [0.15, 0.2) is 18.2 Å². The van der Waals surface area contributed by atoms with Crippen LogP contribution in [0.4, 0.5) is 22.0 Å². The van der Waals surface area contributed by atoms with Crippen LogP contribution in [0.3, 0.4) is 0 Å². The van der Waals surface area contributed by atoms with Crippen LogP contribution in [-0.2, 0) is 6.18 Å². The maximum absolute atomic E-state index is 12.8. The van der Waals surface area contributed by atoms with E-state index in [1.165, 1.54) is 0 Å². The Kier molecular flexibility index (Phi) is 5.15. The van der Waals surface area contributed by atoms with Crippen molar-refractivity contribution < 1.29 is 22.0 Å². The first-order chi connectivity index (χ1) is 6.84. The number of hydrogen-bond donors (Lipinski definition) is 1. The zero-order valence-electron chi connectivity index (χ0n) is 7.89. The molecule has 0 heterocycles. The monoisotopic (exact) mass is 261 g/mol. The number of benzene rings is 1. The van der Waals surface area contributed by atoms with Gasteiger partial charge in [0.25, 0.3) is 0 Å². The second kappa shape index (κ2) is 5.45. The third-order valence-corrected chi connectivity index (χ3v) is 1.84. The van der Waals surface area contributed by atoms with Crippen molar-refractivity contribution in [1.82, 2.24) is 0 Å². The average molecular weight is 262 g/mol.